The summed E-state index contributed by atoms with van der Waals surface area (Å²) in [5, 5.41) is 3.19. The largest absolute Gasteiger partial charge is 0.313 e. The van der Waals surface area contributed by atoms with Crippen LogP contribution in [0.5, 0.6) is 0 Å². The Morgan fingerprint density at radius 3 is 3.00 bits per heavy atom. The molecule has 1 aromatic heterocycles. The van der Waals surface area contributed by atoms with Crippen LogP contribution in [-0.2, 0) is 6.54 Å². The van der Waals surface area contributed by atoms with Crippen LogP contribution in [-0.4, -0.2) is 16.1 Å². The molecular formula is C12H14FN3. The molecule has 0 fully saturated rings. The molecule has 84 valence electrons. The molecule has 1 aromatic carbocycles. The van der Waals surface area contributed by atoms with Crippen molar-refractivity contribution in [3.05, 3.63) is 48.3 Å². The van der Waals surface area contributed by atoms with Gasteiger partial charge in [0.05, 0.1) is 12.0 Å². The molecule has 2 rings (SSSR count). The van der Waals surface area contributed by atoms with E-state index in [1.807, 2.05) is 17.7 Å². The van der Waals surface area contributed by atoms with Gasteiger partial charge in [0.25, 0.3) is 0 Å². The smallest absolute Gasteiger partial charge is 0.123 e. The van der Waals surface area contributed by atoms with Gasteiger partial charge in [-0.15, -0.1) is 0 Å². The van der Waals surface area contributed by atoms with Gasteiger partial charge in [0, 0.05) is 18.9 Å². The summed E-state index contributed by atoms with van der Waals surface area (Å²) in [6.45, 7) is 3.54. The molecule has 1 N–H and O–H groups in total. The second kappa shape index (κ2) is 4.90. The Bertz CT molecular complexity index is 451. The van der Waals surface area contributed by atoms with Crippen LogP contribution in [0.25, 0.3) is 5.69 Å². The van der Waals surface area contributed by atoms with E-state index in [1.54, 1.807) is 24.7 Å². The molecule has 1 heterocycles. The summed E-state index contributed by atoms with van der Waals surface area (Å²) >= 11 is 0. The van der Waals surface area contributed by atoms with Gasteiger partial charge in [-0.1, -0.05) is 6.92 Å². The Hall–Kier alpha value is -1.68. The van der Waals surface area contributed by atoms with Gasteiger partial charge in [-0.2, -0.15) is 0 Å². The summed E-state index contributed by atoms with van der Waals surface area (Å²) in [5.74, 6) is -0.211. The predicted octanol–water partition coefficient (Wildman–Crippen LogP) is 2.12. The zero-order chi connectivity index (χ0) is 11.4. The fourth-order valence-corrected chi connectivity index (χ4v) is 1.61. The highest BCUT2D eigenvalue weighted by molar-refractivity contribution is 5.41. The zero-order valence-corrected chi connectivity index (χ0v) is 9.15. The second-order valence-corrected chi connectivity index (χ2v) is 3.52. The van der Waals surface area contributed by atoms with Crippen LogP contribution in [0.15, 0.2) is 36.9 Å². The van der Waals surface area contributed by atoms with E-state index in [-0.39, 0.29) is 5.82 Å². The van der Waals surface area contributed by atoms with E-state index >= 15 is 0 Å². The third kappa shape index (κ3) is 2.28. The van der Waals surface area contributed by atoms with Gasteiger partial charge in [-0.05, 0) is 30.3 Å². The molecule has 0 unspecified atom stereocenters. The maximum Gasteiger partial charge on any atom is 0.123 e. The fraction of sp³-hybridized carbons (Fsp3) is 0.250. The van der Waals surface area contributed by atoms with E-state index in [2.05, 4.69) is 10.3 Å². The fourth-order valence-electron chi connectivity index (χ4n) is 1.61. The maximum absolute atomic E-state index is 13.2. The molecular weight excluding hydrogens is 205 g/mol. The molecule has 0 spiro atoms. The van der Waals surface area contributed by atoms with Crippen molar-refractivity contribution in [3.63, 3.8) is 0 Å². The maximum atomic E-state index is 13.2. The highest BCUT2D eigenvalue weighted by atomic mass is 19.1. The first kappa shape index (κ1) is 10.8. The second-order valence-electron chi connectivity index (χ2n) is 3.52. The third-order valence-electron chi connectivity index (χ3n) is 2.39. The molecule has 0 bridgehead atoms. The van der Waals surface area contributed by atoms with Crippen LogP contribution in [0.4, 0.5) is 4.39 Å². The van der Waals surface area contributed by atoms with E-state index in [4.69, 9.17) is 0 Å². The van der Waals surface area contributed by atoms with Crippen LogP contribution in [0.2, 0.25) is 0 Å². The van der Waals surface area contributed by atoms with E-state index in [1.165, 1.54) is 6.07 Å². The number of hydrogen-bond acceptors (Lipinski definition) is 2. The normalized spacial score (nSPS) is 10.6. The van der Waals surface area contributed by atoms with E-state index in [0.717, 1.165) is 17.8 Å². The molecule has 4 heteroatoms. The molecule has 0 saturated carbocycles. The summed E-state index contributed by atoms with van der Waals surface area (Å²) in [4.78, 5) is 3.99. The van der Waals surface area contributed by atoms with Crippen molar-refractivity contribution in [3.8, 4) is 5.69 Å². The zero-order valence-electron chi connectivity index (χ0n) is 9.15. The monoisotopic (exact) mass is 219 g/mol. The highest BCUT2D eigenvalue weighted by Crippen LogP contribution is 2.15. The van der Waals surface area contributed by atoms with Gasteiger partial charge in [-0.3, -0.25) is 0 Å². The first-order valence-corrected chi connectivity index (χ1v) is 5.28. The summed E-state index contributed by atoms with van der Waals surface area (Å²) in [6, 6.07) is 4.78. The van der Waals surface area contributed by atoms with Crippen LogP contribution < -0.4 is 5.32 Å². The van der Waals surface area contributed by atoms with Crippen molar-refractivity contribution >= 4 is 0 Å². The first-order chi connectivity index (χ1) is 7.81. The third-order valence-corrected chi connectivity index (χ3v) is 2.39. The van der Waals surface area contributed by atoms with E-state index in [0.29, 0.717) is 6.54 Å². The minimum Gasteiger partial charge on any atom is -0.313 e. The molecule has 0 aliphatic rings. The lowest BCUT2D eigenvalue weighted by atomic mass is 10.1. The summed E-state index contributed by atoms with van der Waals surface area (Å²) in [6.07, 6.45) is 5.27. The van der Waals surface area contributed by atoms with Crippen molar-refractivity contribution in [1.82, 2.24) is 14.9 Å². The number of nitrogens with one attached hydrogen (secondary N) is 1. The quantitative estimate of drug-likeness (QED) is 0.853. The number of nitrogens with zero attached hydrogens (tertiary/aromatic N) is 2. The number of imidazole rings is 1. The topological polar surface area (TPSA) is 29.9 Å². The molecule has 0 saturated heterocycles. The molecule has 3 nitrogen and oxygen atoms in total. The average Bonchev–Trinajstić information content (AvgIpc) is 2.80. The minimum atomic E-state index is -0.211. The number of hydrogen-bond donors (Lipinski definition) is 1. The first-order valence-electron chi connectivity index (χ1n) is 5.28. The van der Waals surface area contributed by atoms with Gasteiger partial charge in [0.15, 0.2) is 0 Å². The molecule has 16 heavy (non-hydrogen) atoms. The summed E-state index contributed by atoms with van der Waals surface area (Å²) < 4.78 is 15.0. The number of aromatic nitrogens is 2. The molecule has 0 aliphatic heterocycles. The van der Waals surface area contributed by atoms with E-state index in [9.17, 15) is 4.39 Å². The van der Waals surface area contributed by atoms with Crippen molar-refractivity contribution < 1.29 is 4.39 Å². The molecule has 2 aromatic rings. The van der Waals surface area contributed by atoms with Crippen LogP contribution in [0.1, 0.15) is 12.5 Å². The SMILES string of the molecule is CCNCc1cc(F)ccc1-n1ccnc1. The van der Waals surface area contributed by atoms with Crippen LogP contribution >= 0.6 is 0 Å². The van der Waals surface area contributed by atoms with Crippen molar-refractivity contribution in [2.24, 2.45) is 0 Å². The standard InChI is InChI=1S/C12H14FN3/c1-2-14-8-10-7-11(13)3-4-12(10)16-6-5-15-9-16/h3-7,9,14H,2,8H2,1H3. The van der Waals surface area contributed by atoms with Crippen molar-refractivity contribution in [2.45, 2.75) is 13.5 Å². The van der Waals surface area contributed by atoms with Crippen LogP contribution in [0.3, 0.4) is 0 Å². The number of rotatable bonds is 4. The number of benzene rings is 1. The van der Waals surface area contributed by atoms with Crippen molar-refractivity contribution in [1.29, 1.82) is 0 Å². The van der Waals surface area contributed by atoms with Gasteiger partial charge < -0.3 is 9.88 Å². The van der Waals surface area contributed by atoms with Crippen LogP contribution in [0, 0.1) is 5.82 Å². The Labute approximate surface area is 93.9 Å². The molecule has 0 radical (unpaired) electrons. The average molecular weight is 219 g/mol. The molecule has 0 aliphatic carbocycles. The van der Waals surface area contributed by atoms with E-state index < -0.39 is 0 Å². The lowest BCUT2D eigenvalue weighted by molar-refractivity contribution is 0.621. The molecule has 0 atom stereocenters. The summed E-state index contributed by atoms with van der Waals surface area (Å²) in [5.41, 5.74) is 1.89. The summed E-state index contributed by atoms with van der Waals surface area (Å²) in [7, 11) is 0. The molecule has 0 amide bonds. The lowest BCUT2D eigenvalue weighted by Gasteiger charge is -2.10. The van der Waals surface area contributed by atoms with Gasteiger partial charge in [0.1, 0.15) is 5.82 Å². The number of halogens is 1. The lowest BCUT2D eigenvalue weighted by Crippen LogP contribution is -2.14. The van der Waals surface area contributed by atoms with Gasteiger partial charge in [0.2, 0.25) is 0 Å². The van der Waals surface area contributed by atoms with Gasteiger partial charge >= 0.3 is 0 Å². The predicted molar refractivity (Wildman–Crippen MR) is 60.9 cm³/mol. The van der Waals surface area contributed by atoms with Gasteiger partial charge in [-0.25, -0.2) is 9.37 Å². The Kier molecular flexibility index (Phi) is 3.31. The minimum absolute atomic E-state index is 0.211. The Morgan fingerprint density at radius 1 is 1.44 bits per heavy atom. The highest BCUT2D eigenvalue weighted by Gasteiger charge is 2.05. The Balaban J connectivity index is 2.36. The Morgan fingerprint density at radius 2 is 2.31 bits per heavy atom. The van der Waals surface area contributed by atoms with Crippen molar-refractivity contribution in [2.75, 3.05) is 6.54 Å².